The number of allylic oxidation sites excluding steroid dienone is 3. The van der Waals surface area contributed by atoms with Gasteiger partial charge < -0.3 is 20.9 Å². The molecule has 2 rings (SSSR count). The second-order valence-corrected chi connectivity index (χ2v) is 6.20. The van der Waals surface area contributed by atoms with Crippen molar-refractivity contribution >= 4 is 23.3 Å². The molecule has 28 heavy (non-hydrogen) atoms. The summed E-state index contributed by atoms with van der Waals surface area (Å²) in [6.45, 7) is 11.2. The molecule has 0 radical (unpaired) electrons. The van der Waals surface area contributed by atoms with Gasteiger partial charge in [-0.25, -0.2) is 4.79 Å². The summed E-state index contributed by atoms with van der Waals surface area (Å²) in [5, 5.41) is 0. The van der Waals surface area contributed by atoms with Crippen molar-refractivity contribution in [2.45, 2.75) is 45.6 Å². The minimum absolute atomic E-state index is 0.221. The zero-order valence-corrected chi connectivity index (χ0v) is 16.6. The number of carbonyl (C=O) groups excluding carboxylic acids is 2. The van der Waals surface area contributed by atoms with E-state index in [1.54, 1.807) is 12.1 Å². The lowest BCUT2D eigenvalue weighted by Crippen LogP contribution is -2.29. The Morgan fingerprint density at radius 2 is 1.61 bits per heavy atom. The molecule has 0 amide bonds. The van der Waals surface area contributed by atoms with Gasteiger partial charge in [-0.1, -0.05) is 33.1 Å². The molecule has 152 valence electrons. The van der Waals surface area contributed by atoms with Crippen LogP contribution in [-0.2, 0) is 14.3 Å². The normalized spacial score (nSPS) is 18.9. The molecule has 0 aliphatic heterocycles. The number of nitrogens with two attached hydrogens (primary N) is 2. The summed E-state index contributed by atoms with van der Waals surface area (Å²) in [5.74, 6) is -0.608. The van der Waals surface area contributed by atoms with E-state index in [2.05, 4.69) is 13.2 Å². The van der Waals surface area contributed by atoms with Crippen molar-refractivity contribution in [3.8, 4) is 0 Å². The lowest BCUT2D eigenvalue weighted by atomic mass is 9.87. The SMILES string of the molecule is C=C/C=C(\C=C)OC(=O)C1CCC(OC(=O)c2cc(N)cc(N)c2)CC1.CC. The summed E-state index contributed by atoms with van der Waals surface area (Å²) in [4.78, 5) is 24.4. The van der Waals surface area contributed by atoms with E-state index in [1.165, 1.54) is 24.3 Å². The molecule has 0 aromatic heterocycles. The molecule has 1 aliphatic carbocycles. The first kappa shape index (κ1) is 23.0. The largest absolute Gasteiger partial charge is 0.459 e. The molecular weight excluding hydrogens is 356 g/mol. The van der Waals surface area contributed by atoms with Crippen molar-refractivity contribution in [3.63, 3.8) is 0 Å². The highest BCUT2D eigenvalue weighted by molar-refractivity contribution is 5.91. The average molecular weight is 386 g/mol. The molecule has 1 aromatic carbocycles. The molecule has 0 spiro atoms. The molecule has 1 saturated carbocycles. The van der Waals surface area contributed by atoms with Crippen LogP contribution in [0.3, 0.4) is 0 Å². The first-order chi connectivity index (χ1) is 13.4. The van der Waals surface area contributed by atoms with E-state index in [0.29, 0.717) is 48.4 Å². The number of hydrogen-bond donors (Lipinski definition) is 2. The van der Waals surface area contributed by atoms with Gasteiger partial charge in [0.2, 0.25) is 0 Å². The van der Waals surface area contributed by atoms with Gasteiger partial charge in [-0.05, 0) is 56.0 Å². The average Bonchev–Trinajstić information content (AvgIpc) is 2.68. The third-order valence-electron chi connectivity index (χ3n) is 4.20. The zero-order chi connectivity index (χ0) is 21.1. The molecule has 0 atom stereocenters. The lowest BCUT2D eigenvalue weighted by molar-refractivity contribution is -0.145. The van der Waals surface area contributed by atoms with Crippen molar-refractivity contribution in [2.24, 2.45) is 5.92 Å². The molecule has 0 heterocycles. The maximum Gasteiger partial charge on any atom is 0.338 e. The van der Waals surface area contributed by atoms with E-state index in [1.807, 2.05) is 13.8 Å². The fraction of sp³-hybridized carbons (Fsp3) is 0.364. The summed E-state index contributed by atoms with van der Waals surface area (Å²) < 4.78 is 10.8. The van der Waals surface area contributed by atoms with Gasteiger partial charge in [0.1, 0.15) is 11.9 Å². The molecule has 4 N–H and O–H groups in total. The highest BCUT2D eigenvalue weighted by atomic mass is 16.5. The van der Waals surface area contributed by atoms with Crippen LogP contribution in [0, 0.1) is 5.92 Å². The Balaban J connectivity index is 0.00000190. The van der Waals surface area contributed by atoms with Gasteiger partial charge >= 0.3 is 11.9 Å². The molecule has 6 heteroatoms. The Bertz CT molecular complexity index is 712. The minimum Gasteiger partial charge on any atom is -0.459 e. The van der Waals surface area contributed by atoms with Gasteiger partial charge in [0, 0.05) is 11.4 Å². The second kappa shape index (κ2) is 11.6. The Labute approximate surface area is 166 Å². The summed E-state index contributed by atoms with van der Waals surface area (Å²) in [6, 6.07) is 4.64. The first-order valence-corrected chi connectivity index (χ1v) is 9.46. The standard InChI is InChI=1S/C20H24N2O4.C2H6/c1-3-5-17(4-2)25-19(23)13-6-8-18(9-7-13)26-20(24)14-10-15(21)12-16(22)11-14;1-2/h3-5,10-13,18H,1-2,6-9,21-22H2;1-2H3/b17-5+;. The van der Waals surface area contributed by atoms with Gasteiger partial charge in [0.25, 0.3) is 0 Å². The summed E-state index contributed by atoms with van der Waals surface area (Å²) in [6.07, 6.45) is 6.71. The molecule has 0 bridgehead atoms. The van der Waals surface area contributed by atoms with Crippen molar-refractivity contribution in [1.82, 2.24) is 0 Å². The van der Waals surface area contributed by atoms with Crippen LogP contribution in [0.4, 0.5) is 11.4 Å². The maximum absolute atomic E-state index is 12.2. The molecule has 1 aromatic rings. The Hall–Kier alpha value is -3.02. The molecule has 0 unspecified atom stereocenters. The smallest absolute Gasteiger partial charge is 0.338 e. The lowest BCUT2D eigenvalue weighted by Gasteiger charge is -2.27. The Morgan fingerprint density at radius 3 is 2.11 bits per heavy atom. The quantitative estimate of drug-likeness (QED) is 0.325. The Morgan fingerprint density at radius 1 is 1.04 bits per heavy atom. The minimum atomic E-state index is -0.460. The van der Waals surface area contributed by atoms with Crippen LogP contribution in [-0.4, -0.2) is 18.0 Å². The molecule has 1 aliphatic rings. The van der Waals surface area contributed by atoms with Crippen LogP contribution >= 0.6 is 0 Å². The summed E-state index contributed by atoms with van der Waals surface area (Å²) in [5.41, 5.74) is 12.5. The predicted molar refractivity (Wildman–Crippen MR) is 112 cm³/mol. The highest BCUT2D eigenvalue weighted by Crippen LogP contribution is 2.29. The van der Waals surface area contributed by atoms with Crippen molar-refractivity contribution in [2.75, 3.05) is 11.5 Å². The van der Waals surface area contributed by atoms with E-state index in [-0.39, 0.29) is 18.0 Å². The van der Waals surface area contributed by atoms with Crippen molar-refractivity contribution in [3.05, 3.63) is 60.9 Å². The van der Waals surface area contributed by atoms with Crippen molar-refractivity contribution < 1.29 is 19.1 Å². The van der Waals surface area contributed by atoms with Gasteiger partial charge in [0.05, 0.1) is 11.5 Å². The van der Waals surface area contributed by atoms with Gasteiger partial charge in [-0.3, -0.25) is 4.79 Å². The number of anilines is 2. The van der Waals surface area contributed by atoms with E-state index < -0.39 is 5.97 Å². The second-order valence-electron chi connectivity index (χ2n) is 6.20. The zero-order valence-electron chi connectivity index (χ0n) is 16.6. The van der Waals surface area contributed by atoms with Crippen molar-refractivity contribution in [1.29, 1.82) is 0 Å². The third-order valence-corrected chi connectivity index (χ3v) is 4.20. The van der Waals surface area contributed by atoms with Gasteiger partial charge in [-0.15, -0.1) is 0 Å². The first-order valence-electron chi connectivity index (χ1n) is 9.46. The maximum atomic E-state index is 12.2. The number of esters is 2. The fourth-order valence-corrected chi connectivity index (χ4v) is 2.89. The van der Waals surface area contributed by atoms with Crippen LogP contribution in [0.25, 0.3) is 0 Å². The number of hydrogen-bond acceptors (Lipinski definition) is 6. The molecule has 1 fully saturated rings. The van der Waals surface area contributed by atoms with E-state index in [4.69, 9.17) is 20.9 Å². The van der Waals surface area contributed by atoms with E-state index in [9.17, 15) is 9.59 Å². The molecular formula is C22H30N2O4. The fourth-order valence-electron chi connectivity index (χ4n) is 2.89. The van der Waals surface area contributed by atoms with Crippen LogP contribution in [0.15, 0.2) is 55.3 Å². The monoisotopic (exact) mass is 386 g/mol. The summed E-state index contributed by atoms with van der Waals surface area (Å²) in [7, 11) is 0. The van der Waals surface area contributed by atoms with E-state index in [0.717, 1.165) is 0 Å². The number of nitrogen functional groups attached to an aromatic ring is 2. The topological polar surface area (TPSA) is 105 Å². The number of benzene rings is 1. The number of carbonyl (C=O) groups is 2. The number of ether oxygens (including phenoxy) is 2. The predicted octanol–water partition coefficient (Wildman–Crippen LogP) is 4.39. The number of rotatable bonds is 6. The van der Waals surface area contributed by atoms with Gasteiger partial charge in [0.15, 0.2) is 0 Å². The molecule has 0 saturated heterocycles. The van der Waals surface area contributed by atoms with Crippen LogP contribution < -0.4 is 11.5 Å². The van der Waals surface area contributed by atoms with Gasteiger partial charge in [-0.2, -0.15) is 0 Å². The highest BCUT2D eigenvalue weighted by Gasteiger charge is 2.30. The Kier molecular flexibility index (Phi) is 9.57. The third kappa shape index (κ3) is 6.95. The van der Waals surface area contributed by atoms with Crippen LogP contribution in [0.1, 0.15) is 49.9 Å². The van der Waals surface area contributed by atoms with Crippen LogP contribution in [0.2, 0.25) is 0 Å². The molecule has 6 nitrogen and oxygen atoms in total. The van der Waals surface area contributed by atoms with E-state index >= 15 is 0 Å². The van der Waals surface area contributed by atoms with Crippen LogP contribution in [0.5, 0.6) is 0 Å². The summed E-state index contributed by atoms with van der Waals surface area (Å²) >= 11 is 0.